The van der Waals surface area contributed by atoms with E-state index in [4.69, 9.17) is 10.5 Å². The van der Waals surface area contributed by atoms with Gasteiger partial charge in [0.05, 0.1) is 12.3 Å². The molecule has 0 unspecified atom stereocenters. The minimum Gasteiger partial charge on any atom is -0.491 e. The quantitative estimate of drug-likeness (QED) is 0.735. The van der Waals surface area contributed by atoms with Gasteiger partial charge in [-0.3, -0.25) is 4.79 Å². The molecule has 5 heteroatoms. The van der Waals surface area contributed by atoms with Crippen LogP contribution < -0.4 is 20.7 Å². The molecule has 1 aromatic carbocycles. The van der Waals surface area contributed by atoms with Crippen molar-refractivity contribution in [1.82, 2.24) is 5.32 Å². The number of carbonyl (C=O) groups excluding carboxylic acids is 1. The average molecular weight is 265 g/mol. The fourth-order valence-electron chi connectivity index (χ4n) is 1.62. The molecule has 106 valence electrons. The van der Waals surface area contributed by atoms with Gasteiger partial charge < -0.3 is 20.7 Å². The van der Waals surface area contributed by atoms with Gasteiger partial charge in [-0.25, -0.2) is 0 Å². The second-order valence-corrected chi connectivity index (χ2v) is 4.42. The molecule has 5 nitrogen and oxygen atoms in total. The maximum Gasteiger partial charge on any atom is 0.221 e. The maximum atomic E-state index is 11.2. The Morgan fingerprint density at radius 2 is 2.21 bits per heavy atom. The van der Waals surface area contributed by atoms with Crippen LogP contribution in [0.5, 0.6) is 5.75 Å². The maximum absolute atomic E-state index is 11.2. The highest BCUT2D eigenvalue weighted by Gasteiger charge is 2.07. The molecule has 0 saturated heterocycles. The van der Waals surface area contributed by atoms with E-state index in [9.17, 15) is 4.79 Å². The Labute approximate surface area is 114 Å². The number of carbonyl (C=O) groups is 1. The molecule has 0 saturated carbocycles. The number of amides is 1. The van der Waals surface area contributed by atoms with Gasteiger partial charge in [-0.05, 0) is 18.6 Å². The Kier molecular flexibility index (Phi) is 5.99. The fraction of sp³-hybridized carbons (Fsp3) is 0.500. The zero-order valence-electron chi connectivity index (χ0n) is 11.9. The minimum atomic E-state index is 0.0322. The lowest BCUT2D eigenvalue weighted by Crippen LogP contribution is -2.26. The standard InChI is InChI=1S/C14H23N3O2/c1-4-9-19-13-10-11(5-6-12(13)15)17(3)8-7-14(18)16-2/h5-6,10H,4,7-9,15H2,1-3H3,(H,16,18). The molecule has 1 amide bonds. The zero-order valence-corrected chi connectivity index (χ0v) is 11.9. The van der Waals surface area contributed by atoms with Gasteiger partial charge in [0, 0.05) is 38.8 Å². The van der Waals surface area contributed by atoms with Gasteiger partial charge in [0.2, 0.25) is 5.91 Å². The molecule has 0 aromatic heterocycles. The van der Waals surface area contributed by atoms with Crippen molar-refractivity contribution in [1.29, 1.82) is 0 Å². The Morgan fingerprint density at radius 3 is 2.84 bits per heavy atom. The van der Waals surface area contributed by atoms with Crippen molar-refractivity contribution >= 4 is 17.3 Å². The molecule has 0 radical (unpaired) electrons. The number of rotatable bonds is 7. The van der Waals surface area contributed by atoms with Gasteiger partial charge in [0.15, 0.2) is 0 Å². The lowest BCUT2D eigenvalue weighted by molar-refractivity contribution is -0.120. The van der Waals surface area contributed by atoms with Crippen LogP contribution >= 0.6 is 0 Å². The monoisotopic (exact) mass is 265 g/mol. The van der Waals surface area contributed by atoms with Crippen LogP contribution in [0.3, 0.4) is 0 Å². The number of anilines is 2. The molecule has 0 atom stereocenters. The highest BCUT2D eigenvalue weighted by molar-refractivity contribution is 5.76. The SMILES string of the molecule is CCCOc1cc(N(C)CCC(=O)NC)ccc1N. The molecule has 0 aliphatic heterocycles. The van der Waals surface area contributed by atoms with Crippen molar-refractivity contribution in [3.63, 3.8) is 0 Å². The topological polar surface area (TPSA) is 67.6 Å². The highest BCUT2D eigenvalue weighted by Crippen LogP contribution is 2.27. The van der Waals surface area contributed by atoms with Gasteiger partial charge in [0.25, 0.3) is 0 Å². The van der Waals surface area contributed by atoms with E-state index in [1.807, 2.05) is 30.1 Å². The van der Waals surface area contributed by atoms with Crippen LogP contribution in [0.25, 0.3) is 0 Å². The van der Waals surface area contributed by atoms with Crippen molar-refractivity contribution in [3.05, 3.63) is 18.2 Å². The highest BCUT2D eigenvalue weighted by atomic mass is 16.5. The van der Waals surface area contributed by atoms with Crippen molar-refractivity contribution < 1.29 is 9.53 Å². The van der Waals surface area contributed by atoms with Crippen molar-refractivity contribution in [2.24, 2.45) is 0 Å². The third-order valence-electron chi connectivity index (χ3n) is 2.85. The summed E-state index contributed by atoms with van der Waals surface area (Å²) in [7, 11) is 3.58. The molecule has 0 heterocycles. The van der Waals surface area contributed by atoms with Crippen LogP contribution in [-0.2, 0) is 4.79 Å². The molecular formula is C14H23N3O2. The van der Waals surface area contributed by atoms with E-state index >= 15 is 0 Å². The number of nitrogens with two attached hydrogens (primary N) is 1. The first-order valence-corrected chi connectivity index (χ1v) is 6.52. The van der Waals surface area contributed by atoms with E-state index in [-0.39, 0.29) is 5.91 Å². The molecule has 0 aliphatic rings. The second kappa shape index (κ2) is 7.51. The first-order valence-electron chi connectivity index (χ1n) is 6.52. The summed E-state index contributed by atoms with van der Waals surface area (Å²) in [5.41, 5.74) is 7.49. The number of hydrogen-bond acceptors (Lipinski definition) is 4. The molecular weight excluding hydrogens is 242 g/mol. The molecule has 1 aromatic rings. The van der Waals surface area contributed by atoms with Gasteiger partial charge in [-0.1, -0.05) is 6.92 Å². The van der Waals surface area contributed by atoms with Crippen LogP contribution in [0, 0.1) is 0 Å². The van der Waals surface area contributed by atoms with Crippen LogP contribution in [0.15, 0.2) is 18.2 Å². The summed E-state index contributed by atoms with van der Waals surface area (Å²) in [5.74, 6) is 0.732. The third-order valence-corrected chi connectivity index (χ3v) is 2.85. The smallest absolute Gasteiger partial charge is 0.221 e. The lowest BCUT2D eigenvalue weighted by atomic mass is 10.2. The van der Waals surface area contributed by atoms with Gasteiger partial charge in [0.1, 0.15) is 5.75 Å². The van der Waals surface area contributed by atoms with E-state index in [0.717, 1.165) is 12.1 Å². The first-order chi connectivity index (χ1) is 9.08. The Bertz CT molecular complexity index is 421. The van der Waals surface area contributed by atoms with Crippen molar-refractivity contribution in [3.8, 4) is 5.75 Å². The Balaban J connectivity index is 2.68. The van der Waals surface area contributed by atoms with Crippen molar-refractivity contribution in [2.45, 2.75) is 19.8 Å². The second-order valence-electron chi connectivity index (χ2n) is 4.42. The molecule has 0 bridgehead atoms. The molecule has 0 spiro atoms. The summed E-state index contributed by atoms with van der Waals surface area (Å²) in [4.78, 5) is 13.2. The largest absolute Gasteiger partial charge is 0.491 e. The van der Waals surface area contributed by atoms with Crippen LogP contribution in [-0.4, -0.2) is 33.2 Å². The first kappa shape index (κ1) is 15.1. The van der Waals surface area contributed by atoms with Crippen LogP contribution in [0.2, 0.25) is 0 Å². The van der Waals surface area contributed by atoms with Crippen LogP contribution in [0.4, 0.5) is 11.4 Å². The predicted molar refractivity (Wildman–Crippen MR) is 78.6 cm³/mol. The molecule has 3 N–H and O–H groups in total. The Hall–Kier alpha value is -1.91. The molecule has 0 aliphatic carbocycles. The normalized spacial score (nSPS) is 10.1. The van der Waals surface area contributed by atoms with Gasteiger partial charge in [-0.2, -0.15) is 0 Å². The van der Waals surface area contributed by atoms with E-state index in [1.165, 1.54) is 0 Å². The number of benzene rings is 1. The van der Waals surface area contributed by atoms with Crippen molar-refractivity contribution in [2.75, 3.05) is 37.9 Å². The van der Waals surface area contributed by atoms with E-state index < -0.39 is 0 Å². The van der Waals surface area contributed by atoms with Gasteiger partial charge >= 0.3 is 0 Å². The number of nitrogens with zero attached hydrogens (tertiary/aromatic N) is 1. The summed E-state index contributed by atoms with van der Waals surface area (Å²) in [6.45, 7) is 3.35. The predicted octanol–water partition coefficient (Wildman–Crippen LogP) is 1.63. The Morgan fingerprint density at radius 1 is 1.47 bits per heavy atom. The lowest BCUT2D eigenvalue weighted by Gasteiger charge is -2.20. The molecule has 1 rings (SSSR count). The number of nitrogens with one attached hydrogen (secondary N) is 1. The summed E-state index contributed by atoms with van der Waals surface area (Å²) in [5, 5.41) is 2.61. The average Bonchev–Trinajstić information content (AvgIpc) is 2.43. The summed E-state index contributed by atoms with van der Waals surface area (Å²) < 4.78 is 5.59. The number of ether oxygens (including phenoxy) is 1. The summed E-state index contributed by atoms with van der Waals surface area (Å²) >= 11 is 0. The van der Waals surface area contributed by atoms with E-state index in [1.54, 1.807) is 7.05 Å². The minimum absolute atomic E-state index is 0.0322. The number of hydrogen-bond donors (Lipinski definition) is 2. The molecule has 19 heavy (non-hydrogen) atoms. The zero-order chi connectivity index (χ0) is 14.3. The number of nitrogen functional groups attached to an aromatic ring is 1. The third kappa shape index (κ3) is 4.69. The molecule has 0 fully saturated rings. The van der Waals surface area contributed by atoms with E-state index in [0.29, 0.717) is 31.0 Å². The van der Waals surface area contributed by atoms with E-state index in [2.05, 4.69) is 12.2 Å². The van der Waals surface area contributed by atoms with Gasteiger partial charge in [-0.15, -0.1) is 0 Å². The van der Waals surface area contributed by atoms with Crippen LogP contribution in [0.1, 0.15) is 19.8 Å². The summed E-state index contributed by atoms with van der Waals surface area (Å²) in [6.07, 6.45) is 1.40. The summed E-state index contributed by atoms with van der Waals surface area (Å²) in [6, 6.07) is 5.67. The fourth-order valence-corrected chi connectivity index (χ4v) is 1.62.